The van der Waals surface area contributed by atoms with Crippen molar-refractivity contribution in [2.75, 3.05) is 26.2 Å². The van der Waals surface area contributed by atoms with E-state index in [9.17, 15) is 5.11 Å². The van der Waals surface area contributed by atoms with Gasteiger partial charge in [-0.3, -0.25) is 0 Å². The maximum atomic E-state index is 10.1. The molecule has 1 aliphatic rings. The molecule has 0 amide bonds. The quantitative estimate of drug-likeness (QED) is 0.852. The van der Waals surface area contributed by atoms with Gasteiger partial charge < -0.3 is 14.7 Å². The van der Waals surface area contributed by atoms with Gasteiger partial charge in [-0.25, -0.2) is 0 Å². The lowest BCUT2D eigenvalue weighted by molar-refractivity contribution is -0.000893. The molecule has 1 aliphatic heterocycles. The minimum atomic E-state index is -0.421. The number of β-amino-alcohol motifs (C(OH)–C–C–N with tert-alkyl or cyclic N) is 1. The molecule has 2 rings (SSSR count). The third-order valence-corrected chi connectivity index (χ3v) is 4.16. The zero-order chi connectivity index (χ0) is 15.2. The molecule has 3 atom stereocenters. The second-order valence-corrected chi connectivity index (χ2v) is 6.90. The van der Waals surface area contributed by atoms with Crippen molar-refractivity contribution < 1.29 is 9.84 Å². The molecule has 0 aliphatic carbocycles. The third kappa shape index (κ3) is 6.84. The van der Waals surface area contributed by atoms with Gasteiger partial charge in [-0.1, -0.05) is 37.6 Å². The topological polar surface area (TPSA) is 32.7 Å². The number of aliphatic hydroxyl groups excluding tert-OH is 1. The highest BCUT2D eigenvalue weighted by molar-refractivity contribution is 6.30. The van der Waals surface area contributed by atoms with Crippen LogP contribution in [-0.4, -0.2) is 42.4 Å². The smallest absolute Gasteiger partial charge is 0.0900 e. The Kier molecular flexibility index (Phi) is 8.73. The van der Waals surface area contributed by atoms with Crippen molar-refractivity contribution in [2.24, 2.45) is 11.8 Å². The number of aliphatic hydroxyl groups is 1. The maximum Gasteiger partial charge on any atom is 0.0900 e. The van der Waals surface area contributed by atoms with Gasteiger partial charge in [0.1, 0.15) is 0 Å². The molecule has 1 saturated heterocycles. The fourth-order valence-corrected chi connectivity index (χ4v) is 3.31. The molecule has 1 heterocycles. The molecule has 126 valence electrons. The van der Waals surface area contributed by atoms with Crippen LogP contribution in [0.5, 0.6) is 0 Å². The Morgan fingerprint density at radius 1 is 1.23 bits per heavy atom. The van der Waals surface area contributed by atoms with E-state index in [4.69, 9.17) is 16.3 Å². The average Bonchev–Trinajstić information content (AvgIpc) is 2.39. The highest BCUT2D eigenvalue weighted by atomic mass is 35.5. The molecule has 0 radical (unpaired) electrons. The average molecular weight is 348 g/mol. The van der Waals surface area contributed by atoms with E-state index in [1.165, 1.54) is 6.42 Å². The Hall–Kier alpha value is -0.320. The Labute approximate surface area is 145 Å². The van der Waals surface area contributed by atoms with Crippen molar-refractivity contribution in [1.29, 1.82) is 0 Å². The number of hydrogen-bond donors (Lipinski definition) is 1. The molecule has 5 heteroatoms. The van der Waals surface area contributed by atoms with Crippen molar-refractivity contribution in [3.63, 3.8) is 0 Å². The monoisotopic (exact) mass is 347 g/mol. The summed E-state index contributed by atoms with van der Waals surface area (Å²) in [5.41, 5.74) is 1.08. The molecular formula is C17H27Cl2NO2. The molecule has 0 spiro atoms. The van der Waals surface area contributed by atoms with Gasteiger partial charge in [0.2, 0.25) is 0 Å². The first kappa shape index (κ1) is 19.7. The van der Waals surface area contributed by atoms with Gasteiger partial charge in [0.25, 0.3) is 0 Å². The van der Waals surface area contributed by atoms with E-state index >= 15 is 0 Å². The SMILES string of the molecule is CC1CC(C)CN(CC(O)COCc2ccc(Cl)cc2)C1.Cl. The van der Waals surface area contributed by atoms with Crippen LogP contribution in [0.1, 0.15) is 25.8 Å². The van der Waals surface area contributed by atoms with Crippen molar-refractivity contribution >= 4 is 24.0 Å². The van der Waals surface area contributed by atoms with Gasteiger partial charge in [-0.2, -0.15) is 0 Å². The van der Waals surface area contributed by atoms with E-state index in [0.29, 0.717) is 19.8 Å². The van der Waals surface area contributed by atoms with Crippen LogP contribution in [0.15, 0.2) is 24.3 Å². The lowest BCUT2D eigenvalue weighted by Gasteiger charge is -2.35. The summed E-state index contributed by atoms with van der Waals surface area (Å²) in [5, 5.41) is 10.8. The van der Waals surface area contributed by atoms with Crippen LogP contribution in [0, 0.1) is 11.8 Å². The Morgan fingerprint density at radius 3 is 2.41 bits per heavy atom. The Bertz CT molecular complexity index is 417. The van der Waals surface area contributed by atoms with Crippen LogP contribution in [0.25, 0.3) is 0 Å². The molecular weight excluding hydrogens is 321 g/mol. The molecule has 1 N–H and O–H groups in total. The number of likely N-dealkylation sites (tertiary alicyclic amines) is 1. The van der Waals surface area contributed by atoms with E-state index in [0.717, 1.165) is 35.5 Å². The van der Waals surface area contributed by atoms with Crippen molar-refractivity contribution in [2.45, 2.75) is 33.0 Å². The van der Waals surface area contributed by atoms with Crippen LogP contribution in [0.2, 0.25) is 5.02 Å². The standard InChI is InChI=1S/C17H26ClNO2.ClH/c1-13-7-14(2)9-19(8-13)10-17(20)12-21-11-15-3-5-16(18)6-4-15;/h3-6,13-14,17,20H,7-12H2,1-2H3;1H. The Morgan fingerprint density at radius 2 is 1.82 bits per heavy atom. The summed E-state index contributed by atoms with van der Waals surface area (Å²) in [6.07, 6.45) is 0.870. The highest BCUT2D eigenvalue weighted by Crippen LogP contribution is 2.21. The minimum absolute atomic E-state index is 0. The lowest BCUT2D eigenvalue weighted by Crippen LogP contribution is -2.43. The van der Waals surface area contributed by atoms with E-state index in [2.05, 4.69) is 18.7 Å². The molecule has 3 nitrogen and oxygen atoms in total. The third-order valence-electron chi connectivity index (χ3n) is 3.91. The van der Waals surface area contributed by atoms with E-state index < -0.39 is 6.10 Å². The summed E-state index contributed by atoms with van der Waals surface area (Å²) in [4.78, 5) is 2.36. The zero-order valence-corrected chi connectivity index (χ0v) is 14.9. The number of nitrogens with zero attached hydrogens (tertiary/aromatic N) is 1. The number of hydrogen-bond acceptors (Lipinski definition) is 3. The lowest BCUT2D eigenvalue weighted by atomic mass is 9.92. The van der Waals surface area contributed by atoms with Crippen LogP contribution in [0.3, 0.4) is 0 Å². The molecule has 0 bridgehead atoms. The van der Waals surface area contributed by atoms with Crippen LogP contribution in [-0.2, 0) is 11.3 Å². The second kappa shape index (κ2) is 9.74. The summed E-state index contributed by atoms with van der Waals surface area (Å²) in [7, 11) is 0. The van der Waals surface area contributed by atoms with E-state index in [1.807, 2.05) is 24.3 Å². The van der Waals surface area contributed by atoms with Crippen LogP contribution < -0.4 is 0 Å². The summed E-state index contributed by atoms with van der Waals surface area (Å²) in [5.74, 6) is 1.44. The zero-order valence-electron chi connectivity index (χ0n) is 13.4. The van der Waals surface area contributed by atoms with Crippen LogP contribution in [0.4, 0.5) is 0 Å². The van der Waals surface area contributed by atoms with Crippen molar-refractivity contribution in [1.82, 2.24) is 4.90 Å². The van der Waals surface area contributed by atoms with Gasteiger partial charge in [-0.15, -0.1) is 12.4 Å². The molecule has 0 aromatic heterocycles. The summed E-state index contributed by atoms with van der Waals surface area (Å²) >= 11 is 5.84. The van der Waals surface area contributed by atoms with Gasteiger partial charge >= 0.3 is 0 Å². The summed E-state index contributed by atoms with van der Waals surface area (Å²) < 4.78 is 5.60. The van der Waals surface area contributed by atoms with Gasteiger partial charge in [0.15, 0.2) is 0 Å². The highest BCUT2D eigenvalue weighted by Gasteiger charge is 2.23. The van der Waals surface area contributed by atoms with Crippen molar-refractivity contribution in [3.05, 3.63) is 34.9 Å². The van der Waals surface area contributed by atoms with E-state index in [1.54, 1.807) is 0 Å². The molecule has 1 fully saturated rings. The predicted octanol–water partition coefficient (Wildman–Crippen LogP) is 3.62. The van der Waals surface area contributed by atoms with Gasteiger partial charge in [0.05, 0.1) is 19.3 Å². The molecule has 3 unspecified atom stereocenters. The van der Waals surface area contributed by atoms with Crippen LogP contribution >= 0.6 is 24.0 Å². The Balaban J connectivity index is 0.00000242. The summed E-state index contributed by atoms with van der Waals surface area (Å²) in [6, 6.07) is 7.60. The fourth-order valence-electron chi connectivity index (χ4n) is 3.19. The number of halogens is 2. The first-order chi connectivity index (χ1) is 10.0. The fraction of sp³-hybridized carbons (Fsp3) is 0.647. The normalized spacial score (nSPS) is 23.8. The molecule has 0 saturated carbocycles. The number of piperidine rings is 1. The number of ether oxygens (including phenoxy) is 1. The van der Waals surface area contributed by atoms with Crippen molar-refractivity contribution in [3.8, 4) is 0 Å². The van der Waals surface area contributed by atoms with E-state index in [-0.39, 0.29) is 12.4 Å². The van der Waals surface area contributed by atoms with Gasteiger partial charge in [0, 0.05) is 24.7 Å². The second-order valence-electron chi connectivity index (χ2n) is 6.46. The molecule has 1 aromatic rings. The predicted molar refractivity (Wildman–Crippen MR) is 93.7 cm³/mol. The van der Waals surface area contributed by atoms with Gasteiger partial charge in [-0.05, 0) is 36.0 Å². The molecule has 22 heavy (non-hydrogen) atoms. The summed E-state index contributed by atoms with van der Waals surface area (Å²) in [6.45, 7) is 8.33. The first-order valence-electron chi connectivity index (χ1n) is 7.75. The molecule has 1 aromatic carbocycles. The first-order valence-corrected chi connectivity index (χ1v) is 8.13. The minimum Gasteiger partial charge on any atom is -0.389 e. The maximum absolute atomic E-state index is 10.1. The number of rotatable bonds is 6. The number of benzene rings is 1. The largest absolute Gasteiger partial charge is 0.389 e.